The highest BCUT2D eigenvalue weighted by Crippen LogP contribution is 2.36. The highest BCUT2D eigenvalue weighted by atomic mass is 35.5. The third-order valence-electron chi connectivity index (χ3n) is 5.93. The average molecular weight is 492 g/mol. The molecule has 10 heteroatoms. The average Bonchev–Trinajstić information content (AvgIpc) is 2.78. The van der Waals surface area contributed by atoms with Gasteiger partial charge < -0.3 is 15.4 Å². The van der Waals surface area contributed by atoms with Crippen molar-refractivity contribution in [2.75, 3.05) is 23.7 Å². The normalized spacial score (nSPS) is 21.0. The molecule has 0 aliphatic carbocycles. The highest BCUT2D eigenvalue weighted by molar-refractivity contribution is 7.89. The van der Waals surface area contributed by atoms with E-state index in [4.69, 9.17) is 16.3 Å². The fourth-order valence-corrected chi connectivity index (χ4v) is 6.09. The fourth-order valence-electron chi connectivity index (χ4n) is 4.16. The number of piperidine rings is 1. The Morgan fingerprint density at radius 3 is 2.82 bits per heavy atom. The van der Waals surface area contributed by atoms with Crippen LogP contribution in [0.2, 0.25) is 5.02 Å². The van der Waals surface area contributed by atoms with E-state index in [0.29, 0.717) is 53.5 Å². The lowest BCUT2D eigenvalue weighted by atomic mass is 9.99. The molecule has 0 spiro atoms. The Labute approximate surface area is 198 Å². The summed E-state index contributed by atoms with van der Waals surface area (Å²) in [5, 5.41) is 6.11. The van der Waals surface area contributed by atoms with Crippen molar-refractivity contribution in [2.24, 2.45) is 5.92 Å². The van der Waals surface area contributed by atoms with Crippen LogP contribution in [0, 0.1) is 12.8 Å². The van der Waals surface area contributed by atoms with Gasteiger partial charge in [0.2, 0.25) is 15.9 Å². The van der Waals surface area contributed by atoms with Crippen LogP contribution in [-0.4, -0.2) is 43.7 Å². The molecule has 4 rings (SSSR count). The van der Waals surface area contributed by atoms with Gasteiger partial charge in [-0.05, 0) is 56.0 Å². The van der Waals surface area contributed by atoms with E-state index in [1.165, 1.54) is 10.4 Å². The van der Waals surface area contributed by atoms with Gasteiger partial charge in [0.1, 0.15) is 5.75 Å². The predicted molar refractivity (Wildman–Crippen MR) is 126 cm³/mol. The molecule has 2 heterocycles. The zero-order valence-corrected chi connectivity index (χ0v) is 20.0. The second kappa shape index (κ2) is 9.32. The molecule has 1 saturated heterocycles. The number of aryl methyl sites for hydroxylation is 1. The minimum Gasteiger partial charge on any atom is -0.478 e. The summed E-state index contributed by atoms with van der Waals surface area (Å²) in [5.41, 5.74) is 1.53. The van der Waals surface area contributed by atoms with E-state index in [1.807, 2.05) is 6.92 Å². The number of sulfonamides is 1. The van der Waals surface area contributed by atoms with Crippen LogP contribution in [0.4, 0.5) is 11.4 Å². The van der Waals surface area contributed by atoms with Gasteiger partial charge in [-0.3, -0.25) is 9.59 Å². The summed E-state index contributed by atoms with van der Waals surface area (Å²) < 4.78 is 34.1. The van der Waals surface area contributed by atoms with E-state index in [9.17, 15) is 18.0 Å². The topological polar surface area (TPSA) is 105 Å². The van der Waals surface area contributed by atoms with Crippen LogP contribution in [0.25, 0.3) is 0 Å². The van der Waals surface area contributed by atoms with Gasteiger partial charge in [-0.2, -0.15) is 4.31 Å². The molecule has 33 heavy (non-hydrogen) atoms. The van der Waals surface area contributed by atoms with Crippen molar-refractivity contribution in [3.63, 3.8) is 0 Å². The van der Waals surface area contributed by atoms with Gasteiger partial charge in [0.15, 0.2) is 6.10 Å². The predicted octanol–water partition coefficient (Wildman–Crippen LogP) is 3.80. The molecule has 2 aromatic carbocycles. The molecule has 0 bridgehead atoms. The first-order chi connectivity index (χ1) is 15.7. The Morgan fingerprint density at radius 1 is 1.30 bits per heavy atom. The lowest BCUT2D eigenvalue weighted by Crippen LogP contribution is -2.44. The molecule has 2 aromatic rings. The summed E-state index contributed by atoms with van der Waals surface area (Å²) in [7, 11) is -3.87. The maximum Gasteiger partial charge on any atom is 0.265 e. The van der Waals surface area contributed by atoms with Crippen LogP contribution in [0.5, 0.6) is 5.75 Å². The first-order valence-electron chi connectivity index (χ1n) is 10.9. The number of fused-ring (bicyclic) bond motifs is 1. The number of halogens is 1. The molecule has 0 saturated carbocycles. The van der Waals surface area contributed by atoms with E-state index in [1.54, 1.807) is 37.3 Å². The number of nitrogens with one attached hydrogen (secondary N) is 2. The van der Waals surface area contributed by atoms with Crippen molar-refractivity contribution in [1.82, 2.24) is 4.31 Å². The number of ether oxygens (including phenoxy) is 1. The van der Waals surface area contributed by atoms with Crippen LogP contribution in [0.1, 0.15) is 31.7 Å². The molecule has 1 fully saturated rings. The lowest BCUT2D eigenvalue weighted by Gasteiger charge is -2.32. The van der Waals surface area contributed by atoms with Gasteiger partial charge in [-0.15, -0.1) is 0 Å². The molecule has 176 valence electrons. The molecule has 2 aliphatic rings. The van der Waals surface area contributed by atoms with Crippen LogP contribution in [0.15, 0.2) is 41.3 Å². The highest BCUT2D eigenvalue weighted by Gasteiger charge is 2.36. The first kappa shape index (κ1) is 23.5. The van der Waals surface area contributed by atoms with Crippen molar-refractivity contribution in [2.45, 2.75) is 44.1 Å². The fraction of sp³-hybridized carbons (Fsp3) is 0.391. The minimum atomic E-state index is -3.87. The number of hydrogen-bond donors (Lipinski definition) is 2. The second-order valence-corrected chi connectivity index (χ2v) is 10.7. The Morgan fingerprint density at radius 2 is 2.09 bits per heavy atom. The van der Waals surface area contributed by atoms with Gasteiger partial charge in [-0.25, -0.2) is 8.42 Å². The molecule has 2 amide bonds. The van der Waals surface area contributed by atoms with Crippen LogP contribution < -0.4 is 15.4 Å². The van der Waals surface area contributed by atoms with Crippen molar-refractivity contribution < 1.29 is 22.7 Å². The van der Waals surface area contributed by atoms with Crippen molar-refractivity contribution in [1.29, 1.82) is 0 Å². The summed E-state index contributed by atoms with van der Waals surface area (Å²) in [6.45, 7) is 3.91. The summed E-state index contributed by atoms with van der Waals surface area (Å²) in [6, 6.07) is 9.92. The van der Waals surface area contributed by atoms with Gasteiger partial charge in [0, 0.05) is 29.9 Å². The molecule has 2 aliphatic heterocycles. The largest absolute Gasteiger partial charge is 0.478 e. The van der Waals surface area contributed by atoms with Gasteiger partial charge in [0.25, 0.3) is 5.91 Å². The maximum atomic E-state index is 13.5. The quantitative estimate of drug-likeness (QED) is 0.662. The molecule has 2 atom stereocenters. The number of rotatable bonds is 5. The van der Waals surface area contributed by atoms with Gasteiger partial charge >= 0.3 is 0 Å². The SMILES string of the molecule is CC[C@H]1Oc2cc(S(=O)(=O)N3CCC[C@H](C(=O)Nc4cccc(Cl)c4)C3)c(C)cc2NC1=O. The molecular formula is C23H26ClN3O5S. The Balaban J connectivity index is 1.55. The number of amides is 2. The zero-order valence-electron chi connectivity index (χ0n) is 18.4. The van der Waals surface area contributed by atoms with E-state index in [2.05, 4.69) is 10.6 Å². The van der Waals surface area contributed by atoms with E-state index in [0.717, 1.165) is 0 Å². The molecule has 0 unspecified atom stereocenters. The number of anilines is 2. The van der Waals surface area contributed by atoms with Gasteiger partial charge in [0.05, 0.1) is 16.5 Å². The molecule has 0 aromatic heterocycles. The third kappa shape index (κ3) is 4.85. The standard InChI is InChI=1S/C23H26ClN3O5S/c1-3-19-23(29)26-18-10-14(2)21(12-20(18)32-19)33(30,31)27-9-5-6-15(13-27)22(28)25-17-8-4-7-16(24)11-17/h4,7-8,10-12,15,19H,3,5-6,9,13H2,1-2H3,(H,25,28)(H,26,29)/t15-,19+/m0/s1. The van der Waals surface area contributed by atoms with Crippen molar-refractivity contribution in [3.8, 4) is 5.75 Å². The van der Waals surface area contributed by atoms with E-state index < -0.39 is 22.0 Å². The smallest absolute Gasteiger partial charge is 0.265 e. The van der Waals surface area contributed by atoms with Gasteiger partial charge in [-0.1, -0.05) is 24.6 Å². The molecule has 2 N–H and O–H groups in total. The molecule has 0 radical (unpaired) electrons. The number of carbonyl (C=O) groups excluding carboxylic acids is 2. The number of nitrogens with zero attached hydrogens (tertiary/aromatic N) is 1. The Kier molecular flexibility index (Phi) is 6.65. The summed E-state index contributed by atoms with van der Waals surface area (Å²) in [5.74, 6) is -0.635. The van der Waals surface area contributed by atoms with E-state index >= 15 is 0 Å². The zero-order chi connectivity index (χ0) is 23.8. The Bertz CT molecular complexity index is 1200. The van der Waals surface area contributed by atoms with Crippen molar-refractivity contribution >= 4 is 44.8 Å². The minimum absolute atomic E-state index is 0.0838. The Hall–Kier alpha value is -2.62. The van der Waals surface area contributed by atoms with Crippen LogP contribution >= 0.6 is 11.6 Å². The van der Waals surface area contributed by atoms with Crippen molar-refractivity contribution in [3.05, 3.63) is 47.0 Å². The van der Waals surface area contributed by atoms with Crippen LogP contribution in [0.3, 0.4) is 0 Å². The first-order valence-corrected chi connectivity index (χ1v) is 12.7. The molecule has 8 nitrogen and oxygen atoms in total. The second-order valence-electron chi connectivity index (χ2n) is 8.32. The summed E-state index contributed by atoms with van der Waals surface area (Å²) >= 11 is 5.98. The maximum absolute atomic E-state index is 13.5. The van der Waals surface area contributed by atoms with Crippen LogP contribution in [-0.2, 0) is 19.6 Å². The summed E-state index contributed by atoms with van der Waals surface area (Å²) in [4.78, 5) is 25.0. The third-order valence-corrected chi connectivity index (χ3v) is 8.17. The number of carbonyl (C=O) groups is 2. The monoisotopic (exact) mass is 491 g/mol. The summed E-state index contributed by atoms with van der Waals surface area (Å²) in [6.07, 6.45) is 0.970. The molecular weight excluding hydrogens is 466 g/mol. The number of benzene rings is 2. The number of hydrogen-bond acceptors (Lipinski definition) is 5. The van der Waals surface area contributed by atoms with E-state index in [-0.39, 0.29) is 23.3 Å². The lowest BCUT2D eigenvalue weighted by molar-refractivity contribution is -0.123.